The van der Waals surface area contributed by atoms with Gasteiger partial charge in [0, 0.05) is 69.8 Å². The van der Waals surface area contributed by atoms with E-state index in [0.29, 0.717) is 12.5 Å². The summed E-state index contributed by atoms with van der Waals surface area (Å²) in [6, 6.07) is 18.7. The Bertz CT molecular complexity index is 1580. The molecule has 2 aromatic carbocycles. The molecule has 2 aliphatic rings. The van der Waals surface area contributed by atoms with Crippen molar-refractivity contribution in [2.45, 2.75) is 31.8 Å². The zero-order valence-electron chi connectivity index (χ0n) is 23.6. The summed E-state index contributed by atoms with van der Waals surface area (Å²) in [4.78, 5) is 34.8. The highest BCUT2D eigenvalue weighted by Crippen LogP contribution is 2.34. The lowest BCUT2D eigenvalue weighted by Crippen LogP contribution is -2.35. The molecule has 3 amide bonds. The normalized spacial score (nSPS) is 16.2. The van der Waals surface area contributed by atoms with Gasteiger partial charge in [0.25, 0.3) is 5.91 Å². The SMILES string of the molecule is CN(C)C(=O)c1ccc(C2CCN(Cc3cc4c(-c5ccc6c(c5)CN(C)C(=O)N6)ccnc4n3C)CC2)cc1. The van der Waals surface area contributed by atoms with Gasteiger partial charge < -0.3 is 19.7 Å². The third-order valence-electron chi connectivity index (χ3n) is 8.45. The van der Waals surface area contributed by atoms with Crippen LogP contribution < -0.4 is 5.32 Å². The molecule has 40 heavy (non-hydrogen) atoms. The quantitative estimate of drug-likeness (QED) is 0.376. The summed E-state index contributed by atoms with van der Waals surface area (Å²) in [5.74, 6) is 0.565. The fourth-order valence-electron chi connectivity index (χ4n) is 6.04. The molecule has 0 spiro atoms. The van der Waals surface area contributed by atoms with Crippen LogP contribution in [0.4, 0.5) is 10.5 Å². The van der Waals surface area contributed by atoms with Crippen LogP contribution in [0.15, 0.2) is 60.8 Å². The third-order valence-corrected chi connectivity index (χ3v) is 8.45. The van der Waals surface area contributed by atoms with Crippen LogP contribution in [0, 0.1) is 0 Å². The van der Waals surface area contributed by atoms with Crippen LogP contribution in [0.5, 0.6) is 0 Å². The molecule has 0 unspecified atom stereocenters. The first-order chi connectivity index (χ1) is 19.3. The maximum atomic E-state index is 12.2. The van der Waals surface area contributed by atoms with Gasteiger partial charge in [-0.25, -0.2) is 9.78 Å². The Kier molecular flexibility index (Phi) is 6.80. The fourth-order valence-corrected chi connectivity index (χ4v) is 6.04. The molecule has 0 atom stereocenters. The molecule has 1 fully saturated rings. The Labute approximate surface area is 235 Å². The number of fused-ring (bicyclic) bond motifs is 2. The number of pyridine rings is 1. The molecular weight excluding hydrogens is 500 g/mol. The molecule has 4 heterocycles. The van der Waals surface area contributed by atoms with Gasteiger partial charge in [0.15, 0.2) is 0 Å². The van der Waals surface area contributed by atoms with Gasteiger partial charge in [0.2, 0.25) is 0 Å². The number of aromatic nitrogens is 2. The fraction of sp³-hybridized carbons (Fsp3) is 0.344. The van der Waals surface area contributed by atoms with Crippen molar-refractivity contribution in [2.24, 2.45) is 7.05 Å². The predicted molar refractivity (Wildman–Crippen MR) is 158 cm³/mol. The van der Waals surface area contributed by atoms with E-state index in [4.69, 9.17) is 4.98 Å². The van der Waals surface area contributed by atoms with E-state index in [1.807, 2.05) is 31.4 Å². The predicted octanol–water partition coefficient (Wildman–Crippen LogP) is 5.30. The van der Waals surface area contributed by atoms with Gasteiger partial charge in [0.05, 0.1) is 0 Å². The molecule has 0 bridgehead atoms. The van der Waals surface area contributed by atoms with Gasteiger partial charge in [-0.1, -0.05) is 18.2 Å². The Balaban J connectivity index is 1.17. The van der Waals surface area contributed by atoms with E-state index in [1.165, 1.54) is 11.3 Å². The zero-order valence-corrected chi connectivity index (χ0v) is 23.6. The van der Waals surface area contributed by atoms with Gasteiger partial charge in [-0.3, -0.25) is 9.69 Å². The number of hydrogen-bond acceptors (Lipinski definition) is 4. The van der Waals surface area contributed by atoms with E-state index in [0.717, 1.165) is 71.5 Å². The van der Waals surface area contributed by atoms with Gasteiger partial charge in [-0.05, 0) is 90.5 Å². The van der Waals surface area contributed by atoms with Crippen molar-refractivity contribution < 1.29 is 9.59 Å². The molecular formula is C32H36N6O2. The summed E-state index contributed by atoms with van der Waals surface area (Å²) in [7, 11) is 7.49. The van der Waals surface area contributed by atoms with Crippen LogP contribution in [0.3, 0.4) is 0 Å². The maximum absolute atomic E-state index is 12.2. The number of piperidine rings is 1. The number of likely N-dealkylation sites (tertiary alicyclic amines) is 1. The first kappa shape index (κ1) is 26.1. The molecule has 2 aliphatic heterocycles. The summed E-state index contributed by atoms with van der Waals surface area (Å²) >= 11 is 0. The minimum absolute atomic E-state index is 0.0432. The number of nitrogens with zero attached hydrogens (tertiary/aromatic N) is 5. The maximum Gasteiger partial charge on any atom is 0.321 e. The molecule has 8 heteroatoms. The average molecular weight is 537 g/mol. The van der Waals surface area contributed by atoms with Crippen molar-refractivity contribution in [1.82, 2.24) is 24.3 Å². The standard InChI is InChI=1S/C32H36N6O2/c1-35(2)31(39)23-7-5-21(6-8-23)22-12-15-38(16-13-22)20-26-18-28-27(11-14-33-30(28)37(26)4)24-9-10-29-25(17-24)19-36(3)32(40)34-29/h5-11,14,17-18,22H,12-13,15-16,19-20H2,1-4H3,(H,34,40). The summed E-state index contributed by atoms with van der Waals surface area (Å²) in [5, 5.41) is 4.11. The van der Waals surface area contributed by atoms with Gasteiger partial charge in [-0.15, -0.1) is 0 Å². The van der Waals surface area contributed by atoms with E-state index in [1.54, 1.807) is 23.9 Å². The molecule has 2 aromatic heterocycles. The molecule has 0 aliphatic carbocycles. The Morgan fingerprint density at radius 1 is 1.02 bits per heavy atom. The van der Waals surface area contributed by atoms with Gasteiger partial charge >= 0.3 is 6.03 Å². The van der Waals surface area contributed by atoms with Crippen molar-refractivity contribution in [3.8, 4) is 11.1 Å². The average Bonchev–Trinajstić information content (AvgIpc) is 3.28. The van der Waals surface area contributed by atoms with Crippen molar-refractivity contribution in [1.29, 1.82) is 0 Å². The summed E-state index contributed by atoms with van der Waals surface area (Å²) < 4.78 is 2.22. The van der Waals surface area contributed by atoms with Crippen molar-refractivity contribution in [2.75, 3.05) is 39.5 Å². The van der Waals surface area contributed by atoms with E-state index in [-0.39, 0.29) is 11.9 Å². The third kappa shape index (κ3) is 4.84. The first-order valence-electron chi connectivity index (χ1n) is 13.9. The second-order valence-electron chi connectivity index (χ2n) is 11.3. The lowest BCUT2D eigenvalue weighted by atomic mass is 9.89. The number of hydrogen-bond donors (Lipinski definition) is 1. The summed E-state index contributed by atoms with van der Waals surface area (Å²) in [6.45, 7) is 3.55. The number of nitrogens with one attached hydrogen (secondary N) is 1. The Hall–Kier alpha value is -4.17. The molecule has 6 rings (SSSR count). The monoisotopic (exact) mass is 536 g/mol. The number of amides is 3. The molecule has 8 nitrogen and oxygen atoms in total. The highest BCUT2D eigenvalue weighted by atomic mass is 16.2. The number of aryl methyl sites for hydroxylation is 1. The van der Waals surface area contributed by atoms with Crippen molar-refractivity contribution in [3.05, 3.63) is 83.2 Å². The van der Waals surface area contributed by atoms with Crippen LogP contribution in [0.1, 0.15) is 45.9 Å². The second kappa shape index (κ2) is 10.4. The molecule has 206 valence electrons. The Morgan fingerprint density at radius 3 is 2.50 bits per heavy atom. The number of carbonyl (C=O) groups is 2. The summed E-state index contributed by atoms with van der Waals surface area (Å²) in [5.41, 5.74) is 8.59. The number of urea groups is 1. The van der Waals surface area contributed by atoms with E-state index in [9.17, 15) is 9.59 Å². The number of rotatable bonds is 5. The minimum atomic E-state index is -0.0716. The van der Waals surface area contributed by atoms with Gasteiger partial charge in [0.1, 0.15) is 5.65 Å². The Morgan fingerprint density at radius 2 is 1.77 bits per heavy atom. The van der Waals surface area contributed by atoms with Gasteiger partial charge in [-0.2, -0.15) is 0 Å². The van der Waals surface area contributed by atoms with Crippen molar-refractivity contribution >= 4 is 28.7 Å². The molecule has 0 radical (unpaired) electrons. The minimum Gasteiger partial charge on any atom is -0.345 e. The highest BCUT2D eigenvalue weighted by Gasteiger charge is 2.23. The topological polar surface area (TPSA) is 73.7 Å². The van der Waals surface area contributed by atoms with E-state index < -0.39 is 0 Å². The van der Waals surface area contributed by atoms with Crippen LogP contribution in [-0.4, -0.2) is 70.4 Å². The lowest BCUT2D eigenvalue weighted by Gasteiger charge is -2.32. The molecule has 1 N–H and O–H groups in total. The van der Waals surface area contributed by atoms with Crippen molar-refractivity contribution in [3.63, 3.8) is 0 Å². The van der Waals surface area contributed by atoms with E-state index in [2.05, 4.69) is 58.2 Å². The smallest absolute Gasteiger partial charge is 0.321 e. The van der Waals surface area contributed by atoms with Crippen LogP contribution in [-0.2, 0) is 20.1 Å². The lowest BCUT2D eigenvalue weighted by molar-refractivity contribution is 0.0827. The zero-order chi connectivity index (χ0) is 28.0. The first-order valence-corrected chi connectivity index (χ1v) is 13.9. The molecule has 4 aromatic rings. The number of benzene rings is 2. The largest absolute Gasteiger partial charge is 0.345 e. The summed E-state index contributed by atoms with van der Waals surface area (Å²) in [6.07, 6.45) is 4.10. The van der Waals surface area contributed by atoms with Crippen LogP contribution >= 0.6 is 0 Å². The number of carbonyl (C=O) groups excluding carboxylic acids is 2. The highest BCUT2D eigenvalue weighted by molar-refractivity contribution is 5.96. The molecule has 0 saturated carbocycles. The second-order valence-corrected chi connectivity index (χ2v) is 11.3. The van der Waals surface area contributed by atoms with Crippen LogP contribution in [0.25, 0.3) is 22.2 Å². The van der Waals surface area contributed by atoms with E-state index >= 15 is 0 Å². The number of anilines is 1. The molecule has 1 saturated heterocycles. The van der Waals surface area contributed by atoms with Crippen LogP contribution in [0.2, 0.25) is 0 Å².